The molecule has 0 aliphatic heterocycles. The van der Waals surface area contributed by atoms with Crippen molar-refractivity contribution in [3.8, 4) is 0 Å². The van der Waals surface area contributed by atoms with Gasteiger partial charge in [0.2, 0.25) is 10.0 Å². The molecule has 0 atom stereocenters. The zero-order valence-electron chi connectivity index (χ0n) is 8.25. The summed E-state index contributed by atoms with van der Waals surface area (Å²) in [6, 6.07) is 0. The van der Waals surface area contributed by atoms with Crippen molar-refractivity contribution in [2.45, 2.75) is 38.1 Å². The maximum Gasteiger partial charge on any atom is 0.218 e. The van der Waals surface area contributed by atoms with Gasteiger partial charge in [0.05, 0.1) is 4.99 Å². The molecule has 1 fully saturated rings. The number of nitrogens with one attached hydrogen (secondary N) is 1. The van der Waals surface area contributed by atoms with E-state index in [9.17, 15) is 8.42 Å². The lowest BCUT2D eigenvalue weighted by atomic mass is 10.0. The molecule has 82 valence electrons. The van der Waals surface area contributed by atoms with Crippen molar-refractivity contribution in [2.24, 2.45) is 5.73 Å². The van der Waals surface area contributed by atoms with Crippen molar-refractivity contribution in [1.82, 2.24) is 4.72 Å². The van der Waals surface area contributed by atoms with E-state index in [2.05, 4.69) is 16.9 Å². The molecule has 1 saturated carbocycles. The molecule has 14 heavy (non-hydrogen) atoms. The fraction of sp³-hybridized carbons (Fsp3) is 0.875. The molecule has 0 aromatic carbocycles. The van der Waals surface area contributed by atoms with Crippen molar-refractivity contribution in [2.75, 3.05) is 5.75 Å². The highest BCUT2D eigenvalue weighted by Gasteiger charge is 2.32. The topological polar surface area (TPSA) is 72.2 Å². The first kappa shape index (κ1) is 11.9. The van der Waals surface area contributed by atoms with Crippen molar-refractivity contribution < 1.29 is 8.42 Å². The highest BCUT2D eigenvalue weighted by Crippen LogP contribution is 2.29. The molecule has 3 N–H and O–H groups in total. The lowest BCUT2D eigenvalue weighted by Gasteiger charge is -2.24. The first-order valence-corrected chi connectivity index (χ1v) is 6.69. The first-order valence-electron chi connectivity index (χ1n) is 4.63. The maximum atomic E-state index is 11.5. The van der Waals surface area contributed by atoms with E-state index in [0.29, 0.717) is 0 Å². The zero-order chi connectivity index (χ0) is 10.8. The van der Waals surface area contributed by atoms with Gasteiger partial charge in [0.1, 0.15) is 5.75 Å². The van der Waals surface area contributed by atoms with Crippen LogP contribution in [0.4, 0.5) is 0 Å². The molecule has 0 bridgehead atoms. The Morgan fingerprint density at radius 3 is 2.43 bits per heavy atom. The maximum absolute atomic E-state index is 11.5. The minimum absolute atomic E-state index is 0.0131. The number of sulfonamides is 1. The fourth-order valence-corrected chi connectivity index (χ4v) is 3.72. The third kappa shape index (κ3) is 3.51. The van der Waals surface area contributed by atoms with Crippen molar-refractivity contribution in [3.63, 3.8) is 0 Å². The van der Waals surface area contributed by atoms with Gasteiger partial charge in [-0.15, -0.1) is 0 Å². The Morgan fingerprint density at radius 2 is 2.00 bits per heavy atom. The Hall–Kier alpha value is -0.200. The van der Waals surface area contributed by atoms with Gasteiger partial charge < -0.3 is 5.73 Å². The van der Waals surface area contributed by atoms with Crippen LogP contribution in [0.1, 0.15) is 32.6 Å². The lowest BCUT2D eigenvalue weighted by Crippen LogP contribution is -2.46. The molecule has 0 unspecified atom stereocenters. The van der Waals surface area contributed by atoms with Crippen molar-refractivity contribution in [1.29, 1.82) is 0 Å². The highest BCUT2D eigenvalue weighted by molar-refractivity contribution is 7.92. The Morgan fingerprint density at radius 1 is 1.50 bits per heavy atom. The molecular formula is C8H16N2O2S2. The average molecular weight is 236 g/mol. The lowest BCUT2D eigenvalue weighted by molar-refractivity contribution is 0.429. The van der Waals surface area contributed by atoms with Crippen LogP contribution in [-0.2, 0) is 10.0 Å². The first-order chi connectivity index (χ1) is 6.33. The summed E-state index contributed by atoms with van der Waals surface area (Å²) in [6.45, 7) is 1.93. The van der Waals surface area contributed by atoms with Gasteiger partial charge >= 0.3 is 0 Å². The van der Waals surface area contributed by atoms with Crippen LogP contribution in [0.3, 0.4) is 0 Å². The molecule has 0 heterocycles. The molecule has 1 aliphatic carbocycles. The molecule has 1 aliphatic rings. The third-order valence-corrected chi connectivity index (χ3v) is 4.26. The number of hydrogen-bond donors (Lipinski definition) is 2. The normalized spacial score (nSPS) is 20.9. The standard InChI is InChI=1S/C8H16N2O2S2/c1-8(4-2-3-5-8)10-14(11,12)6-7(9)13/h10H,2-6H2,1H3,(H2,9,13). The van der Waals surface area contributed by atoms with Gasteiger partial charge in [-0.1, -0.05) is 25.1 Å². The second kappa shape index (κ2) is 4.12. The highest BCUT2D eigenvalue weighted by atomic mass is 32.2. The molecule has 0 aromatic heterocycles. The van der Waals surface area contributed by atoms with Crippen LogP contribution in [0.2, 0.25) is 0 Å². The molecule has 1 rings (SSSR count). The van der Waals surface area contributed by atoms with E-state index in [4.69, 9.17) is 5.73 Å². The smallest absolute Gasteiger partial charge is 0.218 e. The minimum atomic E-state index is -3.34. The van der Waals surface area contributed by atoms with Gasteiger partial charge in [-0.2, -0.15) is 0 Å². The zero-order valence-corrected chi connectivity index (χ0v) is 9.88. The SMILES string of the molecule is CC1(NS(=O)(=O)CC(N)=S)CCCC1. The summed E-state index contributed by atoms with van der Waals surface area (Å²) in [7, 11) is -3.34. The molecule has 6 heteroatoms. The van der Waals surface area contributed by atoms with Crippen LogP contribution < -0.4 is 10.5 Å². The number of rotatable bonds is 4. The van der Waals surface area contributed by atoms with Gasteiger partial charge in [0, 0.05) is 5.54 Å². The van der Waals surface area contributed by atoms with Crippen LogP contribution in [0, 0.1) is 0 Å². The van der Waals surface area contributed by atoms with E-state index >= 15 is 0 Å². The van der Waals surface area contributed by atoms with E-state index in [1.54, 1.807) is 0 Å². The van der Waals surface area contributed by atoms with Crippen LogP contribution in [-0.4, -0.2) is 24.7 Å². The molecule has 0 aromatic rings. The summed E-state index contributed by atoms with van der Waals surface area (Å²) in [5.74, 6) is -0.252. The van der Waals surface area contributed by atoms with Crippen LogP contribution in [0.15, 0.2) is 0 Å². The predicted molar refractivity (Wildman–Crippen MR) is 60.6 cm³/mol. The summed E-state index contributed by atoms with van der Waals surface area (Å²) in [6.07, 6.45) is 3.94. The summed E-state index contributed by atoms with van der Waals surface area (Å²) < 4.78 is 25.7. The van der Waals surface area contributed by atoms with E-state index in [1.165, 1.54) is 0 Å². The number of nitrogens with two attached hydrogens (primary N) is 1. The molecule has 0 radical (unpaired) electrons. The molecular weight excluding hydrogens is 220 g/mol. The Balaban J connectivity index is 2.62. The quantitative estimate of drug-likeness (QED) is 0.698. The van der Waals surface area contributed by atoms with Crippen LogP contribution >= 0.6 is 12.2 Å². The average Bonchev–Trinajstić information content (AvgIpc) is 2.30. The van der Waals surface area contributed by atoms with Gasteiger partial charge in [-0.05, 0) is 19.8 Å². The summed E-state index contributed by atoms with van der Waals surface area (Å²) in [5.41, 5.74) is 4.92. The molecule has 0 saturated heterocycles. The van der Waals surface area contributed by atoms with Crippen molar-refractivity contribution >= 4 is 27.2 Å². The van der Waals surface area contributed by atoms with Gasteiger partial charge in [0.25, 0.3) is 0 Å². The number of thiocarbonyl (C=S) groups is 1. The van der Waals surface area contributed by atoms with Gasteiger partial charge in [-0.3, -0.25) is 0 Å². The Kier molecular flexibility index (Phi) is 3.49. The Labute approximate surface area is 90.3 Å². The minimum Gasteiger partial charge on any atom is -0.392 e. The summed E-state index contributed by atoms with van der Waals surface area (Å²) in [4.78, 5) is 0.0131. The van der Waals surface area contributed by atoms with E-state index in [-0.39, 0.29) is 16.3 Å². The van der Waals surface area contributed by atoms with Gasteiger partial charge in [0.15, 0.2) is 0 Å². The second-order valence-corrected chi connectivity index (χ2v) is 6.34. The largest absolute Gasteiger partial charge is 0.392 e. The van der Waals surface area contributed by atoms with E-state index < -0.39 is 10.0 Å². The monoisotopic (exact) mass is 236 g/mol. The third-order valence-electron chi connectivity index (χ3n) is 2.44. The summed E-state index contributed by atoms with van der Waals surface area (Å²) >= 11 is 4.58. The van der Waals surface area contributed by atoms with E-state index in [0.717, 1.165) is 25.7 Å². The fourth-order valence-electron chi connectivity index (χ4n) is 1.86. The van der Waals surface area contributed by atoms with Crippen molar-refractivity contribution in [3.05, 3.63) is 0 Å². The van der Waals surface area contributed by atoms with Crippen LogP contribution in [0.5, 0.6) is 0 Å². The molecule has 0 spiro atoms. The Bertz CT molecular complexity index is 318. The number of hydrogen-bond acceptors (Lipinski definition) is 3. The van der Waals surface area contributed by atoms with Gasteiger partial charge in [-0.25, -0.2) is 13.1 Å². The molecule has 0 amide bonds. The van der Waals surface area contributed by atoms with Crippen LogP contribution in [0.25, 0.3) is 0 Å². The van der Waals surface area contributed by atoms with E-state index in [1.807, 2.05) is 6.92 Å². The second-order valence-electron chi connectivity index (χ2n) is 4.10. The summed E-state index contributed by atoms with van der Waals surface area (Å²) in [5, 5.41) is 0. The predicted octanol–water partition coefficient (Wildman–Crippen LogP) is 0.525. The molecule has 4 nitrogen and oxygen atoms in total.